The van der Waals surface area contributed by atoms with E-state index in [0.717, 1.165) is 6.92 Å². The zero-order chi connectivity index (χ0) is 12.1. The van der Waals surface area contributed by atoms with Crippen molar-refractivity contribution < 1.29 is 18.3 Å². The van der Waals surface area contributed by atoms with Gasteiger partial charge in [0, 0.05) is 6.54 Å². The fraction of sp³-hybridized carbons (Fsp3) is 0.875. The van der Waals surface area contributed by atoms with E-state index in [9.17, 15) is 13.2 Å². The minimum Gasteiger partial charge on any atom is -0.480 e. The molecular weight excluding hydrogens is 220 g/mol. The Hall–Kier alpha value is -0.660. The molecule has 0 aromatic rings. The maximum Gasteiger partial charge on any atom is 0.323 e. The van der Waals surface area contributed by atoms with E-state index in [2.05, 4.69) is 10.0 Å². The number of carbonyl (C=O) groups is 1. The molecule has 15 heavy (non-hydrogen) atoms. The van der Waals surface area contributed by atoms with Gasteiger partial charge >= 0.3 is 5.97 Å². The standard InChI is InChI=1S/C8H18N2O4S/c1-6(4-9-3)5-10-15(13,14)7(2)8(11)12/h6-7,9-10H,4-5H2,1-3H3,(H,11,12). The van der Waals surface area contributed by atoms with Gasteiger partial charge in [-0.1, -0.05) is 6.92 Å². The van der Waals surface area contributed by atoms with Crippen LogP contribution in [0.1, 0.15) is 13.8 Å². The van der Waals surface area contributed by atoms with E-state index < -0.39 is 21.2 Å². The van der Waals surface area contributed by atoms with Crippen molar-refractivity contribution >= 4 is 16.0 Å². The van der Waals surface area contributed by atoms with E-state index >= 15 is 0 Å². The first-order chi connectivity index (χ1) is 6.81. The molecule has 0 aliphatic rings. The Morgan fingerprint density at radius 2 is 1.87 bits per heavy atom. The van der Waals surface area contributed by atoms with Crippen LogP contribution in [-0.4, -0.2) is 44.9 Å². The number of sulfonamides is 1. The predicted octanol–water partition coefficient (Wildman–Crippen LogP) is -0.766. The minimum atomic E-state index is -3.75. The Morgan fingerprint density at radius 3 is 2.27 bits per heavy atom. The molecule has 0 radical (unpaired) electrons. The first-order valence-electron chi connectivity index (χ1n) is 4.67. The molecule has 0 heterocycles. The summed E-state index contributed by atoms with van der Waals surface area (Å²) in [6.45, 7) is 3.92. The monoisotopic (exact) mass is 238 g/mol. The van der Waals surface area contributed by atoms with Crippen LogP contribution in [-0.2, 0) is 14.8 Å². The number of carboxylic acid groups (broad SMARTS) is 1. The summed E-state index contributed by atoms with van der Waals surface area (Å²) in [6, 6.07) is 0. The fourth-order valence-corrected chi connectivity index (χ4v) is 1.97. The molecule has 0 fully saturated rings. The molecule has 2 unspecified atom stereocenters. The second-order valence-corrected chi connectivity index (χ2v) is 5.62. The Labute approximate surface area is 90.1 Å². The predicted molar refractivity (Wildman–Crippen MR) is 57.1 cm³/mol. The molecule has 0 bridgehead atoms. The number of hydrogen-bond acceptors (Lipinski definition) is 4. The van der Waals surface area contributed by atoms with Crippen molar-refractivity contribution in [2.45, 2.75) is 19.1 Å². The summed E-state index contributed by atoms with van der Waals surface area (Å²) in [7, 11) is -1.98. The number of carboxylic acids is 1. The van der Waals surface area contributed by atoms with Crippen molar-refractivity contribution in [3.8, 4) is 0 Å². The molecule has 0 amide bonds. The lowest BCUT2D eigenvalue weighted by molar-refractivity contribution is -0.136. The topological polar surface area (TPSA) is 95.5 Å². The third-order valence-electron chi connectivity index (χ3n) is 2.00. The van der Waals surface area contributed by atoms with Crippen molar-refractivity contribution in [3.63, 3.8) is 0 Å². The van der Waals surface area contributed by atoms with Crippen LogP contribution in [0.5, 0.6) is 0 Å². The molecule has 0 saturated heterocycles. The highest BCUT2D eigenvalue weighted by atomic mass is 32.2. The molecule has 0 aromatic carbocycles. The number of hydrogen-bond donors (Lipinski definition) is 3. The molecule has 7 heteroatoms. The average Bonchev–Trinajstić information content (AvgIpc) is 2.14. The maximum absolute atomic E-state index is 11.4. The van der Waals surface area contributed by atoms with Crippen molar-refractivity contribution in [1.29, 1.82) is 0 Å². The second kappa shape index (κ2) is 6.04. The lowest BCUT2D eigenvalue weighted by atomic mass is 10.2. The molecule has 2 atom stereocenters. The van der Waals surface area contributed by atoms with Crippen LogP contribution in [0.15, 0.2) is 0 Å². The zero-order valence-electron chi connectivity index (χ0n) is 9.15. The molecule has 0 aromatic heterocycles. The average molecular weight is 238 g/mol. The summed E-state index contributed by atoms with van der Waals surface area (Å²) in [5.41, 5.74) is 0. The summed E-state index contributed by atoms with van der Waals surface area (Å²) in [4.78, 5) is 10.5. The number of nitrogens with one attached hydrogen (secondary N) is 2. The van der Waals surface area contributed by atoms with Crippen LogP contribution in [0, 0.1) is 5.92 Å². The molecule has 0 rings (SSSR count). The van der Waals surface area contributed by atoms with Crippen LogP contribution in [0.2, 0.25) is 0 Å². The van der Waals surface area contributed by atoms with Crippen molar-refractivity contribution in [1.82, 2.24) is 10.0 Å². The van der Waals surface area contributed by atoms with Gasteiger partial charge in [-0.05, 0) is 26.4 Å². The highest BCUT2D eigenvalue weighted by molar-refractivity contribution is 7.90. The van der Waals surface area contributed by atoms with Crippen LogP contribution < -0.4 is 10.0 Å². The quantitative estimate of drug-likeness (QED) is 0.541. The summed E-state index contributed by atoms with van der Waals surface area (Å²) in [6.07, 6.45) is 0. The molecule has 0 aliphatic heterocycles. The molecule has 3 N–H and O–H groups in total. The molecule has 0 saturated carbocycles. The van der Waals surface area contributed by atoms with E-state index in [0.29, 0.717) is 6.54 Å². The Balaban J connectivity index is 4.22. The third kappa shape index (κ3) is 5.10. The van der Waals surface area contributed by atoms with Crippen LogP contribution in [0.4, 0.5) is 0 Å². The van der Waals surface area contributed by atoms with E-state index in [1.54, 1.807) is 7.05 Å². The third-order valence-corrected chi connectivity index (χ3v) is 3.70. The highest BCUT2D eigenvalue weighted by Gasteiger charge is 2.27. The lowest BCUT2D eigenvalue weighted by Crippen LogP contribution is -2.40. The summed E-state index contributed by atoms with van der Waals surface area (Å²) in [5, 5.41) is 10.0. The Morgan fingerprint density at radius 1 is 1.33 bits per heavy atom. The first kappa shape index (κ1) is 14.3. The van der Waals surface area contributed by atoms with Gasteiger partial charge in [-0.3, -0.25) is 4.79 Å². The summed E-state index contributed by atoms with van der Waals surface area (Å²) >= 11 is 0. The van der Waals surface area contributed by atoms with Gasteiger partial charge in [-0.25, -0.2) is 13.1 Å². The van der Waals surface area contributed by atoms with Gasteiger partial charge in [0.05, 0.1) is 0 Å². The second-order valence-electron chi connectivity index (χ2n) is 3.54. The van der Waals surface area contributed by atoms with Gasteiger partial charge in [-0.2, -0.15) is 0 Å². The lowest BCUT2D eigenvalue weighted by Gasteiger charge is -2.14. The van der Waals surface area contributed by atoms with Crippen molar-refractivity contribution in [2.75, 3.05) is 20.1 Å². The zero-order valence-corrected chi connectivity index (χ0v) is 9.97. The molecule has 6 nitrogen and oxygen atoms in total. The van der Waals surface area contributed by atoms with Crippen LogP contribution in [0.25, 0.3) is 0 Å². The molecule has 0 aliphatic carbocycles. The SMILES string of the molecule is CNCC(C)CNS(=O)(=O)C(C)C(=O)O. The highest BCUT2D eigenvalue weighted by Crippen LogP contribution is 1.99. The minimum absolute atomic E-state index is 0.116. The first-order valence-corrected chi connectivity index (χ1v) is 6.21. The number of aliphatic carboxylic acids is 1. The smallest absolute Gasteiger partial charge is 0.323 e. The molecule has 90 valence electrons. The normalized spacial score (nSPS) is 15.9. The van der Waals surface area contributed by atoms with Gasteiger partial charge in [0.15, 0.2) is 5.25 Å². The summed E-state index contributed by atoms with van der Waals surface area (Å²) < 4.78 is 25.0. The largest absolute Gasteiger partial charge is 0.480 e. The van der Waals surface area contributed by atoms with Crippen LogP contribution >= 0.6 is 0 Å². The van der Waals surface area contributed by atoms with Gasteiger partial charge in [0.1, 0.15) is 0 Å². The molecule has 0 spiro atoms. The van der Waals surface area contributed by atoms with E-state index in [1.165, 1.54) is 0 Å². The molecular formula is C8H18N2O4S. The van der Waals surface area contributed by atoms with E-state index in [-0.39, 0.29) is 12.5 Å². The Bertz CT molecular complexity index is 302. The van der Waals surface area contributed by atoms with Gasteiger partial charge in [-0.15, -0.1) is 0 Å². The van der Waals surface area contributed by atoms with Gasteiger partial charge in [0.25, 0.3) is 0 Å². The van der Waals surface area contributed by atoms with Gasteiger partial charge < -0.3 is 10.4 Å². The Kier molecular flexibility index (Phi) is 5.77. The van der Waals surface area contributed by atoms with E-state index in [1.807, 2.05) is 6.92 Å². The van der Waals surface area contributed by atoms with Crippen molar-refractivity contribution in [2.24, 2.45) is 5.92 Å². The fourth-order valence-electron chi connectivity index (χ4n) is 0.937. The maximum atomic E-state index is 11.4. The number of rotatable bonds is 7. The summed E-state index contributed by atoms with van der Waals surface area (Å²) in [5.74, 6) is -1.23. The van der Waals surface area contributed by atoms with E-state index in [4.69, 9.17) is 5.11 Å². The van der Waals surface area contributed by atoms with Crippen LogP contribution in [0.3, 0.4) is 0 Å². The van der Waals surface area contributed by atoms with Crippen molar-refractivity contribution in [3.05, 3.63) is 0 Å². The van der Waals surface area contributed by atoms with Gasteiger partial charge in [0.2, 0.25) is 10.0 Å².